The van der Waals surface area contributed by atoms with Gasteiger partial charge in [-0.2, -0.15) is 10.2 Å². The second-order valence-corrected chi connectivity index (χ2v) is 3.95. The molecule has 0 aliphatic rings. The first-order valence-electron chi connectivity index (χ1n) is 5.76. The number of nitrogen functional groups attached to an aromatic ring is 1. The summed E-state index contributed by atoms with van der Waals surface area (Å²) in [6, 6.07) is 13.1. The number of nitrogens with one attached hydrogen (secondary N) is 1. The van der Waals surface area contributed by atoms with Crippen molar-refractivity contribution in [1.29, 1.82) is 5.26 Å². The maximum Gasteiger partial charge on any atom is 0.215 e. The molecule has 96 valence electrons. The Morgan fingerprint density at radius 2 is 2.00 bits per heavy atom. The highest BCUT2D eigenvalue weighted by Crippen LogP contribution is 2.23. The van der Waals surface area contributed by atoms with E-state index in [-0.39, 0.29) is 0 Å². The number of hydrogen-bond donors (Lipinski definition) is 2. The van der Waals surface area contributed by atoms with Crippen molar-refractivity contribution in [2.45, 2.75) is 6.42 Å². The summed E-state index contributed by atoms with van der Waals surface area (Å²) in [6.07, 6.45) is 0.403. The van der Waals surface area contributed by atoms with E-state index < -0.39 is 0 Å². The number of hydrogen-bond acceptors (Lipinski definition) is 5. The normalized spacial score (nSPS) is 9.68. The summed E-state index contributed by atoms with van der Waals surface area (Å²) >= 11 is 0. The Morgan fingerprint density at radius 3 is 2.63 bits per heavy atom. The van der Waals surface area contributed by atoms with Crippen molar-refractivity contribution in [3.05, 3.63) is 42.0 Å². The highest BCUT2D eigenvalue weighted by molar-refractivity contribution is 5.69. The topological polar surface area (TPSA) is 84.0 Å². The summed E-state index contributed by atoms with van der Waals surface area (Å²) < 4.78 is 5.06. The Kier molecular flexibility index (Phi) is 3.84. The monoisotopic (exact) mass is 254 g/mol. The van der Waals surface area contributed by atoms with Crippen LogP contribution in [0.2, 0.25) is 0 Å². The fourth-order valence-electron chi connectivity index (χ4n) is 1.60. The Morgan fingerprint density at radius 1 is 1.26 bits per heavy atom. The predicted molar refractivity (Wildman–Crippen MR) is 74.2 cm³/mol. The molecule has 0 aliphatic heterocycles. The van der Waals surface area contributed by atoms with Crippen molar-refractivity contribution in [3.63, 3.8) is 0 Å². The third-order valence-corrected chi connectivity index (χ3v) is 2.61. The number of nitrogens with zero attached hydrogens (tertiary/aromatic N) is 2. The Bertz CT molecular complexity index is 602. The zero-order valence-corrected chi connectivity index (χ0v) is 10.6. The van der Waals surface area contributed by atoms with E-state index >= 15 is 0 Å². The van der Waals surface area contributed by atoms with Gasteiger partial charge in [0.25, 0.3) is 0 Å². The fraction of sp³-hybridized carbons (Fsp3) is 0.143. The van der Waals surface area contributed by atoms with Crippen LogP contribution in [0, 0.1) is 11.3 Å². The van der Waals surface area contributed by atoms with Gasteiger partial charge in [0, 0.05) is 11.8 Å². The largest absolute Gasteiger partial charge is 0.481 e. The molecule has 0 bridgehead atoms. The van der Waals surface area contributed by atoms with E-state index in [2.05, 4.69) is 16.4 Å². The van der Waals surface area contributed by atoms with Gasteiger partial charge < -0.3 is 15.8 Å². The molecule has 1 aromatic carbocycles. The van der Waals surface area contributed by atoms with Gasteiger partial charge in [0.05, 0.1) is 25.3 Å². The lowest BCUT2D eigenvalue weighted by Gasteiger charge is -2.10. The molecule has 5 nitrogen and oxygen atoms in total. The summed E-state index contributed by atoms with van der Waals surface area (Å²) in [5, 5.41) is 11.7. The SMILES string of the molecule is COc1ccc(N)c(Nc2ccc(CC#N)cc2)n1. The molecule has 0 saturated carbocycles. The van der Waals surface area contributed by atoms with Gasteiger partial charge in [-0.15, -0.1) is 0 Å². The van der Waals surface area contributed by atoms with Crippen LogP contribution in [-0.2, 0) is 6.42 Å². The number of benzene rings is 1. The van der Waals surface area contributed by atoms with Gasteiger partial charge in [-0.05, 0) is 23.8 Å². The van der Waals surface area contributed by atoms with Gasteiger partial charge in [0.15, 0.2) is 5.82 Å². The van der Waals surface area contributed by atoms with E-state index in [4.69, 9.17) is 15.7 Å². The van der Waals surface area contributed by atoms with Crippen LogP contribution in [0.5, 0.6) is 5.88 Å². The first-order valence-corrected chi connectivity index (χ1v) is 5.76. The number of aromatic nitrogens is 1. The number of pyridine rings is 1. The van der Waals surface area contributed by atoms with Crippen molar-refractivity contribution in [2.24, 2.45) is 0 Å². The molecule has 0 radical (unpaired) electrons. The van der Waals surface area contributed by atoms with E-state index in [0.717, 1.165) is 11.3 Å². The van der Waals surface area contributed by atoms with Gasteiger partial charge in [0.1, 0.15) is 0 Å². The molecule has 0 aliphatic carbocycles. The molecule has 5 heteroatoms. The van der Waals surface area contributed by atoms with Crippen molar-refractivity contribution in [2.75, 3.05) is 18.2 Å². The lowest BCUT2D eigenvalue weighted by Crippen LogP contribution is -2.00. The van der Waals surface area contributed by atoms with E-state index in [0.29, 0.717) is 23.8 Å². The summed E-state index contributed by atoms with van der Waals surface area (Å²) in [5.41, 5.74) is 8.22. The van der Waals surface area contributed by atoms with Crippen LogP contribution in [-0.4, -0.2) is 12.1 Å². The lowest BCUT2D eigenvalue weighted by molar-refractivity contribution is 0.398. The fourth-order valence-corrected chi connectivity index (χ4v) is 1.60. The number of anilines is 3. The third-order valence-electron chi connectivity index (χ3n) is 2.61. The molecule has 0 amide bonds. The highest BCUT2D eigenvalue weighted by Gasteiger charge is 2.04. The van der Waals surface area contributed by atoms with Crippen LogP contribution >= 0.6 is 0 Å². The van der Waals surface area contributed by atoms with Crippen LogP contribution in [0.4, 0.5) is 17.2 Å². The minimum Gasteiger partial charge on any atom is -0.481 e. The molecule has 1 aromatic heterocycles. The number of ether oxygens (including phenoxy) is 1. The molecule has 0 spiro atoms. The summed E-state index contributed by atoms with van der Waals surface area (Å²) in [4.78, 5) is 4.23. The van der Waals surface area contributed by atoms with E-state index in [1.807, 2.05) is 24.3 Å². The Balaban J connectivity index is 2.19. The zero-order valence-electron chi connectivity index (χ0n) is 10.6. The second-order valence-electron chi connectivity index (χ2n) is 3.95. The van der Waals surface area contributed by atoms with Crippen molar-refractivity contribution < 1.29 is 4.74 Å². The van der Waals surface area contributed by atoms with Crippen molar-refractivity contribution in [1.82, 2.24) is 4.98 Å². The molecule has 0 saturated heterocycles. The van der Waals surface area contributed by atoms with Gasteiger partial charge in [-0.25, -0.2) is 0 Å². The van der Waals surface area contributed by atoms with Crippen LogP contribution in [0.15, 0.2) is 36.4 Å². The molecule has 19 heavy (non-hydrogen) atoms. The van der Waals surface area contributed by atoms with E-state index in [1.165, 1.54) is 0 Å². The smallest absolute Gasteiger partial charge is 0.215 e. The number of rotatable bonds is 4. The van der Waals surface area contributed by atoms with Gasteiger partial charge >= 0.3 is 0 Å². The van der Waals surface area contributed by atoms with Crippen molar-refractivity contribution in [3.8, 4) is 11.9 Å². The zero-order chi connectivity index (χ0) is 13.7. The Labute approximate surface area is 111 Å². The van der Waals surface area contributed by atoms with Crippen LogP contribution in [0.25, 0.3) is 0 Å². The van der Waals surface area contributed by atoms with Gasteiger partial charge in [0.2, 0.25) is 5.88 Å². The molecule has 0 atom stereocenters. The van der Waals surface area contributed by atoms with Crippen LogP contribution < -0.4 is 15.8 Å². The molecule has 0 fully saturated rings. The molecule has 2 rings (SSSR count). The average Bonchev–Trinajstić information content (AvgIpc) is 2.44. The maximum absolute atomic E-state index is 8.61. The summed E-state index contributed by atoms with van der Waals surface area (Å²) in [6.45, 7) is 0. The third kappa shape index (κ3) is 3.13. The van der Waals surface area contributed by atoms with E-state index in [1.54, 1.807) is 19.2 Å². The molecule has 0 unspecified atom stereocenters. The van der Waals surface area contributed by atoms with Gasteiger partial charge in [-0.3, -0.25) is 0 Å². The van der Waals surface area contributed by atoms with E-state index in [9.17, 15) is 0 Å². The predicted octanol–water partition coefficient (Wildman–Crippen LogP) is 2.48. The first kappa shape index (κ1) is 12.7. The first-order chi connectivity index (χ1) is 9.22. The lowest BCUT2D eigenvalue weighted by atomic mass is 10.1. The van der Waals surface area contributed by atoms with Crippen LogP contribution in [0.3, 0.4) is 0 Å². The molecular weight excluding hydrogens is 240 g/mol. The summed E-state index contributed by atoms with van der Waals surface area (Å²) in [5.74, 6) is 1.05. The number of methoxy groups -OCH3 is 1. The summed E-state index contributed by atoms with van der Waals surface area (Å²) in [7, 11) is 1.55. The number of nitrogens with two attached hydrogens (primary N) is 1. The minimum atomic E-state index is 0.403. The highest BCUT2D eigenvalue weighted by atomic mass is 16.5. The molecule has 2 aromatic rings. The van der Waals surface area contributed by atoms with Crippen LogP contribution in [0.1, 0.15) is 5.56 Å². The maximum atomic E-state index is 8.61. The minimum absolute atomic E-state index is 0.403. The molecule has 3 N–H and O–H groups in total. The Hall–Kier alpha value is -2.74. The molecular formula is C14H14N4O. The standard InChI is InChI=1S/C14H14N4O/c1-19-13-7-6-12(16)14(18-13)17-11-4-2-10(3-5-11)8-9-15/h2-7H,8,16H2,1H3,(H,17,18). The number of nitriles is 1. The quantitative estimate of drug-likeness (QED) is 0.875. The second kappa shape index (κ2) is 5.74. The molecule has 1 heterocycles. The average molecular weight is 254 g/mol. The van der Waals surface area contributed by atoms with Gasteiger partial charge in [-0.1, -0.05) is 12.1 Å². The van der Waals surface area contributed by atoms with Crippen molar-refractivity contribution >= 4 is 17.2 Å².